The third-order valence-corrected chi connectivity index (χ3v) is 1.69. The molecule has 0 aromatic heterocycles. The van der Waals surface area contributed by atoms with Crippen molar-refractivity contribution in [2.75, 3.05) is 5.88 Å². The number of hydrazine groups is 1. The van der Waals surface area contributed by atoms with Crippen LogP contribution in [-0.4, -0.2) is 22.1 Å². The van der Waals surface area contributed by atoms with Crippen LogP contribution in [-0.2, 0) is 0 Å². The first-order valence-corrected chi connectivity index (χ1v) is 3.59. The van der Waals surface area contributed by atoms with E-state index in [1.165, 1.54) is 5.82 Å². The lowest BCUT2D eigenvalue weighted by Gasteiger charge is -1.83. The molecule has 0 aromatic carbocycles. The van der Waals surface area contributed by atoms with E-state index in [2.05, 4.69) is 21.6 Å². The van der Waals surface area contributed by atoms with Gasteiger partial charge in [-0.2, -0.15) is 0 Å². The predicted molar refractivity (Wildman–Crippen MR) is 37.7 cm³/mol. The van der Waals surface area contributed by atoms with Gasteiger partial charge in [-0.15, -0.1) is 11.8 Å². The number of nitrogens with one attached hydrogen (secondary N) is 1. The lowest BCUT2D eigenvalue weighted by Crippen LogP contribution is -2.03. The van der Waals surface area contributed by atoms with Crippen molar-refractivity contribution in [1.29, 1.82) is 0 Å². The highest BCUT2D eigenvalue weighted by atomic mass is 32.2. The molecular formula is C4H7N3O2S. The molecule has 0 atom stereocenters. The monoisotopic (exact) mass is 161 g/mol. The molecule has 0 saturated carbocycles. The van der Waals surface area contributed by atoms with Gasteiger partial charge in [0.15, 0.2) is 0 Å². The molecule has 2 rings (SSSR count). The minimum Gasteiger partial charge on any atom is -0.465 e. The van der Waals surface area contributed by atoms with E-state index >= 15 is 0 Å². The topological polar surface area (TPSA) is 88.3 Å². The highest BCUT2D eigenvalue weighted by Gasteiger charge is 2.27. The first kappa shape index (κ1) is 7.07. The number of primary amides is 1. The number of amides is 1. The maximum Gasteiger partial charge on any atom is 0.402 e. The van der Waals surface area contributed by atoms with Crippen LogP contribution in [0.25, 0.3) is 0 Å². The van der Waals surface area contributed by atoms with Crippen molar-refractivity contribution in [2.24, 2.45) is 5.73 Å². The normalized spacial score (nSPS) is 17.6. The van der Waals surface area contributed by atoms with Crippen molar-refractivity contribution in [2.45, 2.75) is 0 Å². The Labute approximate surface area is 61.8 Å². The van der Waals surface area contributed by atoms with Gasteiger partial charge in [-0.25, -0.2) is 4.79 Å². The van der Waals surface area contributed by atoms with Gasteiger partial charge in [0.2, 0.25) is 0 Å². The molecule has 0 aromatic rings. The first-order chi connectivity index (χ1) is 4.70. The van der Waals surface area contributed by atoms with Gasteiger partial charge in [0.25, 0.3) is 0 Å². The number of carboxylic acid groups (broad SMARTS) is 1. The molecule has 0 unspecified atom stereocenters. The van der Waals surface area contributed by atoms with E-state index in [9.17, 15) is 0 Å². The van der Waals surface area contributed by atoms with E-state index in [0.29, 0.717) is 0 Å². The largest absolute Gasteiger partial charge is 0.465 e. The summed E-state index contributed by atoms with van der Waals surface area (Å²) in [7, 11) is 0. The highest BCUT2D eigenvalue weighted by molar-refractivity contribution is 8.02. The molecule has 10 heavy (non-hydrogen) atoms. The maximum absolute atomic E-state index is 8.78. The molecule has 1 fully saturated rings. The molecule has 0 aliphatic carbocycles. The van der Waals surface area contributed by atoms with Gasteiger partial charge in [0.1, 0.15) is 5.82 Å². The van der Waals surface area contributed by atoms with Crippen molar-refractivity contribution in [3.63, 3.8) is 0 Å². The second-order valence-corrected chi connectivity index (χ2v) is 2.50. The SMILES string of the molecule is C1=C2NN2CS1.NC(=O)O. The molecule has 1 amide bonds. The number of nitrogens with zero attached hydrogens (tertiary/aromatic N) is 1. The summed E-state index contributed by atoms with van der Waals surface area (Å²) in [6, 6.07) is 0. The van der Waals surface area contributed by atoms with Crippen molar-refractivity contribution in [3.8, 4) is 0 Å². The number of hydrogen-bond donors (Lipinski definition) is 3. The fourth-order valence-corrected chi connectivity index (χ4v) is 1.26. The van der Waals surface area contributed by atoms with Gasteiger partial charge < -0.3 is 10.8 Å². The zero-order valence-corrected chi connectivity index (χ0v) is 5.89. The fraction of sp³-hybridized carbons (Fsp3) is 0.250. The Morgan fingerprint density at radius 3 is 2.70 bits per heavy atom. The lowest BCUT2D eigenvalue weighted by molar-refractivity contribution is 0.205. The molecule has 0 spiro atoms. The Balaban J connectivity index is 0.000000112. The van der Waals surface area contributed by atoms with Gasteiger partial charge in [-0.05, 0) is 0 Å². The minimum atomic E-state index is -1.33. The van der Waals surface area contributed by atoms with E-state index in [1.54, 1.807) is 0 Å². The average molecular weight is 161 g/mol. The quantitative estimate of drug-likeness (QED) is 0.433. The van der Waals surface area contributed by atoms with Crippen LogP contribution in [0.5, 0.6) is 0 Å². The van der Waals surface area contributed by atoms with E-state index < -0.39 is 6.09 Å². The van der Waals surface area contributed by atoms with Gasteiger partial charge in [0.05, 0.1) is 5.88 Å². The van der Waals surface area contributed by atoms with Gasteiger partial charge in [-0.3, -0.25) is 10.4 Å². The zero-order chi connectivity index (χ0) is 7.56. The summed E-state index contributed by atoms with van der Waals surface area (Å²) >= 11 is 1.83. The number of hydrogen-bond acceptors (Lipinski definition) is 4. The summed E-state index contributed by atoms with van der Waals surface area (Å²) < 4.78 is 0. The molecule has 56 valence electrons. The molecule has 2 heterocycles. The third-order valence-electron chi connectivity index (χ3n) is 0.889. The molecule has 2 aliphatic rings. The van der Waals surface area contributed by atoms with E-state index in [4.69, 9.17) is 9.90 Å². The van der Waals surface area contributed by atoms with Crippen LogP contribution in [0.3, 0.4) is 0 Å². The van der Waals surface area contributed by atoms with Crippen molar-refractivity contribution < 1.29 is 9.90 Å². The molecule has 1 saturated heterocycles. The van der Waals surface area contributed by atoms with Gasteiger partial charge in [0, 0.05) is 5.41 Å². The molecule has 0 bridgehead atoms. The highest BCUT2D eigenvalue weighted by Crippen LogP contribution is 2.28. The number of fused-ring (bicyclic) bond motifs is 1. The Kier molecular flexibility index (Phi) is 1.91. The Bertz CT molecular complexity index is 177. The van der Waals surface area contributed by atoms with Gasteiger partial charge >= 0.3 is 6.09 Å². The van der Waals surface area contributed by atoms with Crippen molar-refractivity contribution >= 4 is 17.9 Å². The summed E-state index contributed by atoms with van der Waals surface area (Å²) in [5.74, 6) is 2.40. The van der Waals surface area contributed by atoms with Crippen LogP contribution in [0, 0.1) is 0 Å². The van der Waals surface area contributed by atoms with Crippen LogP contribution < -0.4 is 11.2 Å². The summed E-state index contributed by atoms with van der Waals surface area (Å²) in [5, 5.41) is 11.4. The molecular weight excluding hydrogens is 154 g/mol. The van der Waals surface area contributed by atoms with Crippen molar-refractivity contribution in [1.82, 2.24) is 10.4 Å². The standard InChI is InChI=1S/C3H4N2S.CH3NO2/c1-3-4-5(3)2-6-1;2-1(3)4/h1,4H,2H2;2H2,(H,3,4). The summed E-state index contributed by atoms with van der Waals surface area (Å²) in [6.07, 6.45) is -1.33. The Morgan fingerprint density at radius 2 is 2.60 bits per heavy atom. The number of rotatable bonds is 0. The van der Waals surface area contributed by atoms with Crippen LogP contribution in [0.4, 0.5) is 4.79 Å². The average Bonchev–Trinajstić information content (AvgIpc) is 2.40. The molecule has 2 aliphatic heterocycles. The summed E-state index contributed by atoms with van der Waals surface area (Å²) in [4.78, 5) is 8.78. The number of nitrogens with two attached hydrogens (primary N) is 1. The Hall–Kier alpha value is -1.04. The zero-order valence-electron chi connectivity index (χ0n) is 5.07. The molecule has 0 radical (unpaired) electrons. The first-order valence-electron chi connectivity index (χ1n) is 2.54. The fourth-order valence-electron chi connectivity index (χ4n) is 0.496. The lowest BCUT2D eigenvalue weighted by atomic mass is 11.0. The second-order valence-electron chi connectivity index (χ2n) is 1.68. The van der Waals surface area contributed by atoms with E-state index in [-0.39, 0.29) is 0 Å². The smallest absolute Gasteiger partial charge is 0.402 e. The van der Waals surface area contributed by atoms with E-state index in [1.807, 2.05) is 11.8 Å². The maximum atomic E-state index is 8.78. The molecule has 6 heteroatoms. The van der Waals surface area contributed by atoms with Crippen LogP contribution in [0.2, 0.25) is 0 Å². The van der Waals surface area contributed by atoms with Crippen LogP contribution in [0.15, 0.2) is 11.2 Å². The van der Waals surface area contributed by atoms with Crippen molar-refractivity contribution in [3.05, 3.63) is 11.2 Å². The predicted octanol–water partition coefficient (Wildman–Crippen LogP) is -0.0671. The molecule has 5 nitrogen and oxygen atoms in total. The third kappa shape index (κ3) is 2.06. The number of thioether (sulfide) groups is 1. The Morgan fingerprint density at radius 1 is 2.00 bits per heavy atom. The van der Waals surface area contributed by atoms with Crippen LogP contribution >= 0.6 is 11.8 Å². The summed E-state index contributed by atoms with van der Waals surface area (Å²) in [5.41, 5.74) is 7.07. The van der Waals surface area contributed by atoms with Gasteiger partial charge in [-0.1, -0.05) is 0 Å². The van der Waals surface area contributed by atoms with Crippen LogP contribution in [0.1, 0.15) is 0 Å². The van der Waals surface area contributed by atoms with E-state index in [0.717, 1.165) is 5.88 Å². The second kappa shape index (κ2) is 2.70. The number of carbonyl (C=O) groups is 1. The summed E-state index contributed by atoms with van der Waals surface area (Å²) in [6.45, 7) is 0. The minimum absolute atomic E-state index is 1.11. The molecule has 4 N–H and O–H groups in total.